The number of benzene rings is 1. The fourth-order valence-corrected chi connectivity index (χ4v) is 2.05. The van der Waals surface area contributed by atoms with Gasteiger partial charge in [0.1, 0.15) is 5.69 Å². The van der Waals surface area contributed by atoms with Crippen LogP contribution in [0.5, 0.6) is 0 Å². The summed E-state index contributed by atoms with van der Waals surface area (Å²) in [6, 6.07) is 12.9. The molecule has 0 aliphatic carbocycles. The minimum Gasteiger partial charge on any atom is -0.463 e. The third kappa shape index (κ3) is 1.97. The number of carbonyl (C=O) groups excluding carboxylic acids is 1. The van der Waals surface area contributed by atoms with Gasteiger partial charge in [-0.3, -0.25) is 4.79 Å². The molecule has 0 aliphatic heterocycles. The zero-order valence-electron chi connectivity index (χ0n) is 10.4. The van der Waals surface area contributed by atoms with Gasteiger partial charge >= 0.3 is 0 Å². The first-order valence-electron chi connectivity index (χ1n) is 5.95. The molecule has 0 bridgehead atoms. The number of furan rings is 1. The topological polar surface area (TPSA) is 55.1 Å². The van der Waals surface area contributed by atoms with E-state index in [0.717, 1.165) is 10.9 Å². The lowest BCUT2D eigenvalue weighted by Crippen LogP contribution is -2.18. The summed E-state index contributed by atoms with van der Waals surface area (Å²) in [5, 5.41) is 3.48. The van der Waals surface area contributed by atoms with Crippen molar-refractivity contribution in [3.63, 3.8) is 0 Å². The summed E-state index contributed by atoms with van der Waals surface area (Å²) in [7, 11) is 1.62. The second-order valence-electron chi connectivity index (χ2n) is 4.13. The maximum absolute atomic E-state index is 12.0. The van der Waals surface area contributed by atoms with E-state index in [1.165, 1.54) is 0 Å². The summed E-state index contributed by atoms with van der Waals surface area (Å²) in [6.07, 6.45) is 1.59. The van der Waals surface area contributed by atoms with Crippen molar-refractivity contribution >= 4 is 16.8 Å². The molecule has 0 aliphatic rings. The number of hydrogen-bond acceptors (Lipinski definition) is 3. The van der Waals surface area contributed by atoms with Gasteiger partial charge in [-0.15, -0.1) is 0 Å². The summed E-state index contributed by atoms with van der Waals surface area (Å²) in [5.41, 5.74) is 2.02. The lowest BCUT2D eigenvalue weighted by molar-refractivity contribution is 0.0964. The zero-order valence-corrected chi connectivity index (χ0v) is 10.4. The number of pyridine rings is 1. The van der Waals surface area contributed by atoms with Crippen molar-refractivity contribution in [3.05, 3.63) is 54.3 Å². The van der Waals surface area contributed by atoms with E-state index >= 15 is 0 Å². The average molecular weight is 252 g/mol. The largest absolute Gasteiger partial charge is 0.463 e. The molecule has 2 heterocycles. The third-order valence-corrected chi connectivity index (χ3v) is 2.96. The zero-order chi connectivity index (χ0) is 13.2. The van der Waals surface area contributed by atoms with Crippen LogP contribution in [0.4, 0.5) is 0 Å². The van der Waals surface area contributed by atoms with Crippen LogP contribution in [-0.4, -0.2) is 17.9 Å². The third-order valence-electron chi connectivity index (χ3n) is 2.96. The molecule has 1 aromatic carbocycles. The van der Waals surface area contributed by atoms with Crippen molar-refractivity contribution in [3.8, 4) is 11.5 Å². The van der Waals surface area contributed by atoms with Crippen LogP contribution < -0.4 is 5.32 Å². The summed E-state index contributed by atoms with van der Waals surface area (Å²) in [5.74, 6) is 0.516. The van der Waals surface area contributed by atoms with E-state index in [1.54, 1.807) is 25.4 Å². The van der Waals surface area contributed by atoms with Gasteiger partial charge in [0.25, 0.3) is 5.91 Å². The molecule has 0 unspecified atom stereocenters. The highest BCUT2D eigenvalue weighted by Crippen LogP contribution is 2.24. The number of para-hydroxylation sites is 1. The van der Waals surface area contributed by atoms with Crippen LogP contribution in [0.1, 0.15) is 10.4 Å². The SMILES string of the molecule is CNC(=O)c1cc(-c2ccco2)nc2ccccc12. The molecular weight excluding hydrogens is 240 g/mol. The molecule has 3 aromatic rings. The molecule has 0 radical (unpaired) electrons. The molecule has 0 fully saturated rings. The Labute approximate surface area is 110 Å². The fraction of sp³-hybridized carbons (Fsp3) is 0.0667. The van der Waals surface area contributed by atoms with Crippen LogP contribution in [0.15, 0.2) is 53.1 Å². The van der Waals surface area contributed by atoms with E-state index in [9.17, 15) is 4.79 Å². The van der Waals surface area contributed by atoms with E-state index in [0.29, 0.717) is 17.0 Å². The Morgan fingerprint density at radius 3 is 2.79 bits per heavy atom. The van der Waals surface area contributed by atoms with E-state index < -0.39 is 0 Å². The molecule has 0 saturated heterocycles. The number of carbonyl (C=O) groups is 1. The molecule has 4 nitrogen and oxygen atoms in total. The summed E-state index contributed by atoms with van der Waals surface area (Å²) >= 11 is 0. The molecule has 94 valence electrons. The van der Waals surface area contributed by atoms with Crippen molar-refractivity contribution in [2.24, 2.45) is 0 Å². The monoisotopic (exact) mass is 252 g/mol. The number of amides is 1. The smallest absolute Gasteiger partial charge is 0.251 e. The molecule has 0 saturated carbocycles. The molecular formula is C15H12N2O2. The normalized spacial score (nSPS) is 10.6. The second-order valence-corrected chi connectivity index (χ2v) is 4.13. The number of nitrogens with zero attached hydrogens (tertiary/aromatic N) is 1. The Kier molecular flexibility index (Phi) is 2.76. The van der Waals surface area contributed by atoms with Gasteiger partial charge in [-0.05, 0) is 24.3 Å². The Morgan fingerprint density at radius 2 is 2.05 bits per heavy atom. The minimum atomic E-state index is -0.133. The number of hydrogen-bond donors (Lipinski definition) is 1. The predicted octanol–water partition coefficient (Wildman–Crippen LogP) is 2.85. The number of nitrogens with one attached hydrogen (secondary N) is 1. The predicted molar refractivity (Wildman–Crippen MR) is 72.8 cm³/mol. The maximum atomic E-state index is 12.0. The molecule has 4 heteroatoms. The molecule has 3 rings (SSSR count). The first-order chi connectivity index (χ1) is 9.29. The molecule has 1 amide bonds. The molecule has 19 heavy (non-hydrogen) atoms. The molecule has 0 spiro atoms. The van der Waals surface area contributed by atoms with Gasteiger partial charge in [-0.2, -0.15) is 0 Å². The van der Waals surface area contributed by atoms with E-state index in [1.807, 2.05) is 30.3 Å². The highest BCUT2D eigenvalue weighted by Gasteiger charge is 2.13. The van der Waals surface area contributed by atoms with Gasteiger partial charge in [-0.25, -0.2) is 4.98 Å². The van der Waals surface area contributed by atoms with E-state index in [2.05, 4.69) is 10.3 Å². The van der Waals surface area contributed by atoms with Gasteiger partial charge in [0.2, 0.25) is 0 Å². The van der Waals surface area contributed by atoms with Gasteiger partial charge in [0, 0.05) is 12.4 Å². The van der Waals surface area contributed by atoms with Crippen molar-refractivity contribution < 1.29 is 9.21 Å². The average Bonchev–Trinajstić information content (AvgIpc) is 2.99. The van der Waals surface area contributed by atoms with Crippen LogP contribution in [0, 0.1) is 0 Å². The Balaban J connectivity index is 2.29. The maximum Gasteiger partial charge on any atom is 0.251 e. The van der Waals surface area contributed by atoms with E-state index in [4.69, 9.17) is 4.42 Å². The Morgan fingerprint density at radius 1 is 1.21 bits per heavy atom. The Bertz CT molecular complexity index is 733. The highest BCUT2D eigenvalue weighted by molar-refractivity contribution is 6.06. The van der Waals surface area contributed by atoms with Crippen LogP contribution in [0.25, 0.3) is 22.4 Å². The van der Waals surface area contributed by atoms with Crippen molar-refractivity contribution in [1.82, 2.24) is 10.3 Å². The van der Waals surface area contributed by atoms with Crippen molar-refractivity contribution in [2.75, 3.05) is 7.05 Å². The second kappa shape index (κ2) is 4.57. The minimum absolute atomic E-state index is 0.133. The Hall–Kier alpha value is -2.62. The van der Waals surface area contributed by atoms with Gasteiger partial charge in [0.05, 0.1) is 17.3 Å². The fourth-order valence-electron chi connectivity index (χ4n) is 2.05. The molecule has 1 N–H and O–H groups in total. The number of fused-ring (bicyclic) bond motifs is 1. The highest BCUT2D eigenvalue weighted by atomic mass is 16.3. The van der Waals surface area contributed by atoms with Crippen LogP contribution >= 0.6 is 0 Å². The number of aromatic nitrogens is 1. The number of rotatable bonds is 2. The molecule has 2 aromatic heterocycles. The van der Waals surface area contributed by atoms with Gasteiger partial charge in [-0.1, -0.05) is 18.2 Å². The van der Waals surface area contributed by atoms with E-state index in [-0.39, 0.29) is 5.91 Å². The summed E-state index contributed by atoms with van der Waals surface area (Å²) < 4.78 is 5.34. The lowest BCUT2D eigenvalue weighted by Gasteiger charge is -2.07. The standard InChI is InChI=1S/C15H12N2O2/c1-16-15(18)11-9-13(14-7-4-8-19-14)17-12-6-3-2-5-10(11)12/h2-9H,1H3,(H,16,18). The lowest BCUT2D eigenvalue weighted by atomic mass is 10.1. The van der Waals surface area contributed by atoms with Crippen LogP contribution in [0.2, 0.25) is 0 Å². The molecule has 0 atom stereocenters. The quantitative estimate of drug-likeness (QED) is 0.763. The van der Waals surface area contributed by atoms with Crippen molar-refractivity contribution in [2.45, 2.75) is 0 Å². The first-order valence-corrected chi connectivity index (χ1v) is 5.95. The summed E-state index contributed by atoms with van der Waals surface area (Å²) in [4.78, 5) is 16.5. The van der Waals surface area contributed by atoms with Gasteiger partial charge in [0.15, 0.2) is 5.76 Å². The summed E-state index contributed by atoms with van der Waals surface area (Å²) in [6.45, 7) is 0. The first kappa shape index (κ1) is 11.5. The van der Waals surface area contributed by atoms with Crippen LogP contribution in [0.3, 0.4) is 0 Å². The van der Waals surface area contributed by atoms with Crippen LogP contribution in [-0.2, 0) is 0 Å². The van der Waals surface area contributed by atoms with Crippen molar-refractivity contribution in [1.29, 1.82) is 0 Å². The van der Waals surface area contributed by atoms with Gasteiger partial charge < -0.3 is 9.73 Å².